The number of benzene rings is 2. The number of hydrogen-bond donors (Lipinski definition) is 0. The molecular weight excluding hydrogens is 310 g/mol. The van der Waals surface area contributed by atoms with Crippen molar-refractivity contribution in [3.63, 3.8) is 0 Å². The molecule has 0 spiro atoms. The van der Waals surface area contributed by atoms with Gasteiger partial charge < -0.3 is 0 Å². The second-order valence-electron chi connectivity index (χ2n) is 5.34. The molecule has 0 radical (unpaired) electrons. The minimum Gasteiger partial charge on any atom is -0.223 e. The summed E-state index contributed by atoms with van der Waals surface area (Å²) in [6.07, 6.45) is 2.48. The van der Waals surface area contributed by atoms with Gasteiger partial charge in [0, 0.05) is 11.8 Å². The molecule has 0 amide bonds. The van der Waals surface area contributed by atoms with Gasteiger partial charge in [-0.3, -0.25) is 0 Å². The van der Waals surface area contributed by atoms with Crippen molar-refractivity contribution in [2.24, 2.45) is 0 Å². The van der Waals surface area contributed by atoms with Crippen LogP contribution in [0.3, 0.4) is 0 Å². The number of aryl methyl sites for hydroxylation is 1. The molecule has 5 nitrogen and oxygen atoms in total. The molecule has 0 aliphatic heterocycles. The minimum atomic E-state index is -3.43. The van der Waals surface area contributed by atoms with Crippen LogP contribution in [0.4, 0.5) is 0 Å². The van der Waals surface area contributed by atoms with Crippen molar-refractivity contribution in [3.8, 4) is 22.4 Å². The van der Waals surface area contributed by atoms with Crippen LogP contribution >= 0.6 is 0 Å². The maximum absolute atomic E-state index is 11.3. The van der Waals surface area contributed by atoms with Gasteiger partial charge in [0.2, 0.25) is 9.84 Å². The van der Waals surface area contributed by atoms with Gasteiger partial charge in [-0.25, -0.2) is 13.4 Å². The summed E-state index contributed by atoms with van der Waals surface area (Å²) in [5.41, 5.74) is 4.83. The van der Waals surface area contributed by atoms with E-state index in [9.17, 15) is 8.42 Å². The molecule has 2 aromatic carbocycles. The van der Waals surface area contributed by atoms with E-state index in [0.29, 0.717) is 5.69 Å². The summed E-state index contributed by atoms with van der Waals surface area (Å²) in [7, 11) is -3.43. The molecule has 0 aliphatic carbocycles. The van der Waals surface area contributed by atoms with Crippen molar-refractivity contribution in [3.05, 3.63) is 60.3 Å². The highest BCUT2D eigenvalue weighted by Crippen LogP contribution is 2.23. The first-order valence-corrected chi connectivity index (χ1v) is 8.90. The summed E-state index contributed by atoms with van der Waals surface area (Å²) in [4.78, 5) is 3.86. The molecule has 116 valence electrons. The summed E-state index contributed by atoms with van der Waals surface area (Å²) in [6, 6.07) is 16.1. The van der Waals surface area contributed by atoms with Crippen molar-refractivity contribution >= 4 is 9.84 Å². The molecule has 3 aromatic rings. The zero-order chi connectivity index (χ0) is 16.4. The molecular formula is C17H15N3O2S. The van der Waals surface area contributed by atoms with Gasteiger partial charge in [0.05, 0.1) is 6.20 Å². The number of sulfone groups is 1. The molecule has 0 N–H and O–H groups in total. The summed E-state index contributed by atoms with van der Waals surface area (Å²) < 4.78 is 22.7. The molecule has 0 aliphatic rings. The Morgan fingerprint density at radius 1 is 0.783 bits per heavy atom. The first-order chi connectivity index (χ1) is 10.9. The van der Waals surface area contributed by atoms with Crippen LogP contribution in [0.2, 0.25) is 0 Å². The highest BCUT2D eigenvalue weighted by atomic mass is 32.2. The van der Waals surface area contributed by atoms with Crippen LogP contribution in [0.5, 0.6) is 0 Å². The predicted molar refractivity (Wildman–Crippen MR) is 88.5 cm³/mol. The third-order valence-corrected chi connectivity index (χ3v) is 4.29. The van der Waals surface area contributed by atoms with E-state index in [1.807, 2.05) is 24.3 Å². The fraction of sp³-hybridized carbons (Fsp3) is 0.118. The van der Waals surface area contributed by atoms with Gasteiger partial charge in [-0.2, -0.15) is 0 Å². The predicted octanol–water partition coefficient (Wildman–Crippen LogP) is 2.92. The van der Waals surface area contributed by atoms with Crippen LogP contribution in [0.25, 0.3) is 22.4 Å². The highest BCUT2D eigenvalue weighted by molar-refractivity contribution is 7.90. The lowest BCUT2D eigenvalue weighted by Crippen LogP contribution is -2.05. The van der Waals surface area contributed by atoms with Gasteiger partial charge in [-0.05, 0) is 18.1 Å². The average molecular weight is 325 g/mol. The topological polar surface area (TPSA) is 72.8 Å². The van der Waals surface area contributed by atoms with E-state index in [0.717, 1.165) is 22.9 Å². The van der Waals surface area contributed by atoms with Crippen molar-refractivity contribution in [1.82, 2.24) is 15.2 Å². The Kier molecular flexibility index (Phi) is 3.92. The van der Waals surface area contributed by atoms with Crippen LogP contribution in [0.1, 0.15) is 5.56 Å². The lowest BCUT2D eigenvalue weighted by molar-refractivity contribution is 0.589. The SMILES string of the molecule is Cc1ccc(-c2ccc(-c3cnc(S(C)(=O)=O)nn3)cc2)cc1. The maximum atomic E-state index is 11.3. The van der Waals surface area contributed by atoms with Crippen LogP contribution < -0.4 is 0 Å². The molecule has 1 aromatic heterocycles. The van der Waals surface area contributed by atoms with Crippen LogP contribution in [0, 0.1) is 6.92 Å². The molecule has 0 saturated heterocycles. The van der Waals surface area contributed by atoms with Gasteiger partial charge in [0.25, 0.3) is 5.16 Å². The van der Waals surface area contributed by atoms with Crippen LogP contribution in [-0.2, 0) is 9.84 Å². The van der Waals surface area contributed by atoms with Gasteiger partial charge in [0.1, 0.15) is 5.69 Å². The van der Waals surface area contributed by atoms with Gasteiger partial charge in [0.15, 0.2) is 0 Å². The lowest BCUT2D eigenvalue weighted by atomic mass is 10.0. The van der Waals surface area contributed by atoms with E-state index in [1.54, 1.807) is 0 Å². The second kappa shape index (κ2) is 5.89. The number of rotatable bonds is 3. The molecule has 1 heterocycles. The summed E-state index contributed by atoms with van der Waals surface area (Å²) >= 11 is 0. The smallest absolute Gasteiger partial charge is 0.223 e. The van der Waals surface area contributed by atoms with Crippen molar-refractivity contribution in [2.45, 2.75) is 12.1 Å². The van der Waals surface area contributed by atoms with E-state index < -0.39 is 9.84 Å². The van der Waals surface area contributed by atoms with Crippen molar-refractivity contribution in [1.29, 1.82) is 0 Å². The largest absolute Gasteiger partial charge is 0.267 e. The van der Waals surface area contributed by atoms with Crippen molar-refractivity contribution in [2.75, 3.05) is 6.26 Å². The summed E-state index contributed by atoms with van der Waals surface area (Å²) in [6.45, 7) is 2.05. The second-order valence-corrected chi connectivity index (χ2v) is 7.25. The molecule has 0 fully saturated rings. The summed E-state index contributed by atoms with van der Waals surface area (Å²) in [5.74, 6) is 0. The zero-order valence-electron chi connectivity index (χ0n) is 12.8. The maximum Gasteiger partial charge on any atom is 0.267 e. The molecule has 0 unspecified atom stereocenters. The normalized spacial score (nSPS) is 11.4. The number of aromatic nitrogens is 3. The molecule has 3 rings (SSSR count). The van der Waals surface area contributed by atoms with E-state index >= 15 is 0 Å². The monoisotopic (exact) mass is 325 g/mol. The third kappa shape index (κ3) is 3.43. The Bertz CT molecular complexity index is 917. The van der Waals surface area contributed by atoms with Crippen LogP contribution in [0.15, 0.2) is 59.9 Å². The Balaban J connectivity index is 1.89. The molecule has 0 atom stereocenters. The summed E-state index contributed by atoms with van der Waals surface area (Å²) in [5, 5.41) is 7.34. The quantitative estimate of drug-likeness (QED) is 0.740. The van der Waals surface area contributed by atoms with E-state index in [-0.39, 0.29) is 5.16 Å². The minimum absolute atomic E-state index is 0.266. The van der Waals surface area contributed by atoms with E-state index in [4.69, 9.17) is 0 Å². The van der Waals surface area contributed by atoms with E-state index in [1.165, 1.54) is 11.8 Å². The number of nitrogens with zero attached hydrogens (tertiary/aromatic N) is 3. The molecule has 23 heavy (non-hydrogen) atoms. The zero-order valence-corrected chi connectivity index (χ0v) is 13.6. The third-order valence-electron chi connectivity index (χ3n) is 3.44. The molecule has 6 heteroatoms. The average Bonchev–Trinajstić information content (AvgIpc) is 2.55. The van der Waals surface area contributed by atoms with E-state index in [2.05, 4.69) is 46.4 Å². The fourth-order valence-corrected chi connectivity index (χ4v) is 2.58. The van der Waals surface area contributed by atoms with Crippen LogP contribution in [-0.4, -0.2) is 29.9 Å². The highest BCUT2D eigenvalue weighted by Gasteiger charge is 2.12. The Hall–Kier alpha value is -2.60. The Morgan fingerprint density at radius 2 is 1.30 bits per heavy atom. The fourth-order valence-electron chi connectivity index (χ4n) is 2.15. The standard InChI is InChI=1S/C17H15N3O2S/c1-12-3-5-13(6-4-12)14-7-9-15(10-8-14)16-11-18-17(20-19-16)23(2,21)22/h3-11H,1-2H3. The Labute approximate surface area is 135 Å². The number of hydrogen-bond acceptors (Lipinski definition) is 5. The van der Waals surface area contributed by atoms with Gasteiger partial charge in [-0.1, -0.05) is 54.1 Å². The molecule has 0 bridgehead atoms. The lowest BCUT2D eigenvalue weighted by Gasteiger charge is -2.05. The van der Waals surface area contributed by atoms with Gasteiger partial charge in [-0.15, -0.1) is 10.2 Å². The van der Waals surface area contributed by atoms with Gasteiger partial charge >= 0.3 is 0 Å². The Morgan fingerprint density at radius 3 is 1.78 bits per heavy atom. The van der Waals surface area contributed by atoms with Crippen molar-refractivity contribution < 1.29 is 8.42 Å². The molecule has 0 saturated carbocycles. The first kappa shape index (κ1) is 15.3. The first-order valence-electron chi connectivity index (χ1n) is 7.01.